The van der Waals surface area contributed by atoms with E-state index in [4.69, 9.17) is 5.73 Å². The van der Waals surface area contributed by atoms with Crippen LogP contribution in [0.2, 0.25) is 0 Å². The van der Waals surface area contributed by atoms with Gasteiger partial charge in [-0.05, 0) is 20.8 Å². The van der Waals surface area contributed by atoms with Crippen LogP contribution in [0.4, 0.5) is 0 Å². The summed E-state index contributed by atoms with van der Waals surface area (Å²) < 4.78 is 1.78. The fraction of sp³-hybridized carbons (Fsp3) is 0.600. The van der Waals surface area contributed by atoms with Gasteiger partial charge in [-0.1, -0.05) is 0 Å². The maximum absolute atomic E-state index is 11.4. The molecule has 1 aromatic heterocycles. The van der Waals surface area contributed by atoms with E-state index in [0.29, 0.717) is 0 Å². The second-order valence-electron chi connectivity index (χ2n) is 3.83. The van der Waals surface area contributed by atoms with Crippen LogP contribution in [-0.4, -0.2) is 21.7 Å². The molecule has 0 aliphatic heterocycles. The van der Waals surface area contributed by atoms with Crippen molar-refractivity contribution >= 4 is 18.3 Å². The number of carbonyl (C=O) groups is 1. The molecule has 1 aromatic rings. The first-order valence-electron chi connectivity index (χ1n) is 4.98. The normalized spacial score (nSPS) is 13.8. The number of rotatable bonds is 3. The molecular formula is C10H19ClN4O. The van der Waals surface area contributed by atoms with Gasteiger partial charge in [0.05, 0.1) is 18.3 Å². The summed E-state index contributed by atoms with van der Waals surface area (Å²) in [4.78, 5) is 11.4. The van der Waals surface area contributed by atoms with Crippen molar-refractivity contribution in [1.82, 2.24) is 15.1 Å². The first kappa shape index (κ1) is 14.9. The fourth-order valence-corrected chi connectivity index (χ4v) is 1.36. The molecule has 0 spiro atoms. The Morgan fingerprint density at radius 2 is 2.12 bits per heavy atom. The molecule has 2 atom stereocenters. The molecule has 92 valence electrons. The third kappa shape index (κ3) is 3.21. The summed E-state index contributed by atoms with van der Waals surface area (Å²) >= 11 is 0. The number of hydrogen-bond donors (Lipinski definition) is 2. The quantitative estimate of drug-likeness (QED) is 0.824. The molecule has 16 heavy (non-hydrogen) atoms. The highest BCUT2D eigenvalue weighted by atomic mass is 35.5. The van der Waals surface area contributed by atoms with Gasteiger partial charge in [0.2, 0.25) is 5.91 Å². The van der Waals surface area contributed by atoms with E-state index in [-0.39, 0.29) is 24.4 Å². The van der Waals surface area contributed by atoms with E-state index in [1.165, 1.54) is 0 Å². The lowest BCUT2D eigenvalue weighted by Crippen LogP contribution is -2.39. The Labute approximate surface area is 102 Å². The van der Waals surface area contributed by atoms with Crippen molar-refractivity contribution in [1.29, 1.82) is 0 Å². The van der Waals surface area contributed by atoms with Crippen molar-refractivity contribution in [3.8, 4) is 0 Å². The predicted molar refractivity (Wildman–Crippen MR) is 65.4 cm³/mol. The molecule has 5 nitrogen and oxygen atoms in total. The lowest BCUT2D eigenvalue weighted by molar-refractivity contribution is -0.122. The van der Waals surface area contributed by atoms with Crippen LogP contribution in [0.5, 0.6) is 0 Å². The highest BCUT2D eigenvalue weighted by molar-refractivity contribution is 5.85. The van der Waals surface area contributed by atoms with Gasteiger partial charge in [0.25, 0.3) is 0 Å². The minimum atomic E-state index is -0.482. The summed E-state index contributed by atoms with van der Waals surface area (Å²) in [5, 5.41) is 6.96. The van der Waals surface area contributed by atoms with Gasteiger partial charge in [-0.25, -0.2) is 0 Å². The van der Waals surface area contributed by atoms with Crippen molar-refractivity contribution in [2.24, 2.45) is 12.8 Å². The molecule has 0 aliphatic carbocycles. The van der Waals surface area contributed by atoms with Crippen LogP contribution in [0.3, 0.4) is 0 Å². The van der Waals surface area contributed by atoms with E-state index in [1.807, 2.05) is 20.9 Å². The fourth-order valence-electron chi connectivity index (χ4n) is 1.36. The van der Waals surface area contributed by atoms with Crippen LogP contribution in [-0.2, 0) is 11.8 Å². The zero-order valence-electron chi connectivity index (χ0n) is 10.0. The summed E-state index contributed by atoms with van der Waals surface area (Å²) in [6.45, 7) is 5.55. The van der Waals surface area contributed by atoms with Crippen molar-refractivity contribution in [2.45, 2.75) is 32.9 Å². The molecule has 0 saturated heterocycles. The van der Waals surface area contributed by atoms with Crippen LogP contribution in [0.25, 0.3) is 0 Å². The number of nitrogens with two attached hydrogens (primary N) is 1. The Bertz CT molecular complexity index is 362. The number of carbonyl (C=O) groups excluding carboxylic acids is 1. The Kier molecular flexibility index (Phi) is 5.47. The maximum Gasteiger partial charge on any atom is 0.237 e. The Balaban J connectivity index is 0.00000225. The first-order chi connectivity index (χ1) is 6.93. The third-order valence-corrected chi connectivity index (χ3v) is 2.51. The highest BCUT2D eigenvalue weighted by Gasteiger charge is 2.16. The molecule has 0 radical (unpaired) electrons. The molecule has 1 amide bonds. The zero-order valence-corrected chi connectivity index (χ0v) is 10.8. The molecule has 1 rings (SSSR count). The molecule has 3 N–H and O–H groups in total. The number of aryl methyl sites for hydroxylation is 1. The minimum absolute atomic E-state index is 0. The average Bonchev–Trinajstić information content (AvgIpc) is 2.47. The van der Waals surface area contributed by atoms with Crippen molar-refractivity contribution < 1.29 is 4.79 Å². The van der Waals surface area contributed by atoms with Gasteiger partial charge in [0.1, 0.15) is 0 Å². The smallest absolute Gasteiger partial charge is 0.237 e. The van der Waals surface area contributed by atoms with Gasteiger partial charge < -0.3 is 11.1 Å². The van der Waals surface area contributed by atoms with Crippen molar-refractivity contribution in [3.63, 3.8) is 0 Å². The monoisotopic (exact) mass is 246 g/mol. The largest absolute Gasteiger partial charge is 0.348 e. The topological polar surface area (TPSA) is 72.9 Å². The number of nitrogens with zero attached hydrogens (tertiary/aromatic N) is 2. The van der Waals surface area contributed by atoms with Crippen LogP contribution in [0, 0.1) is 6.92 Å². The lowest BCUT2D eigenvalue weighted by Gasteiger charge is -2.15. The van der Waals surface area contributed by atoms with Crippen LogP contribution >= 0.6 is 12.4 Å². The number of halogens is 1. The van der Waals surface area contributed by atoms with Crippen LogP contribution in [0.15, 0.2) is 6.20 Å². The summed E-state index contributed by atoms with van der Waals surface area (Å²) in [5.74, 6) is -0.147. The Morgan fingerprint density at radius 3 is 2.50 bits per heavy atom. The van der Waals surface area contributed by atoms with Gasteiger partial charge in [-0.3, -0.25) is 9.48 Å². The average molecular weight is 247 g/mol. The molecule has 6 heteroatoms. The van der Waals surface area contributed by atoms with E-state index >= 15 is 0 Å². The molecular weight excluding hydrogens is 228 g/mol. The Hall–Kier alpha value is -1.07. The van der Waals surface area contributed by atoms with Crippen molar-refractivity contribution in [3.05, 3.63) is 17.5 Å². The van der Waals surface area contributed by atoms with Crippen LogP contribution < -0.4 is 11.1 Å². The van der Waals surface area contributed by atoms with Crippen molar-refractivity contribution in [2.75, 3.05) is 0 Å². The maximum atomic E-state index is 11.4. The molecule has 1 heterocycles. The Morgan fingerprint density at radius 1 is 1.56 bits per heavy atom. The van der Waals surface area contributed by atoms with E-state index in [0.717, 1.165) is 11.3 Å². The highest BCUT2D eigenvalue weighted by Crippen LogP contribution is 2.15. The second-order valence-corrected chi connectivity index (χ2v) is 3.83. The van der Waals surface area contributed by atoms with Gasteiger partial charge in [0, 0.05) is 18.3 Å². The first-order valence-corrected chi connectivity index (χ1v) is 4.98. The predicted octanol–water partition coefficient (Wildman–Crippen LogP) is 0.675. The molecule has 0 saturated carbocycles. The second kappa shape index (κ2) is 5.86. The summed E-state index contributed by atoms with van der Waals surface area (Å²) in [5.41, 5.74) is 7.54. The molecule has 0 bridgehead atoms. The third-order valence-electron chi connectivity index (χ3n) is 2.51. The van der Waals surface area contributed by atoms with Gasteiger partial charge >= 0.3 is 0 Å². The van der Waals surface area contributed by atoms with E-state index in [1.54, 1.807) is 17.8 Å². The number of aromatic nitrogens is 2. The number of nitrogens with one attached hydrogen (secondary N) is 1. The molecule has 1 unspecified atom stereocenters. The standard InChI is InChI=1S/C10H18N4O.ClH/c1-6(11)10(15)13-7(2)9-5-12-14(4)8(9)3;/h5-7H,11H2,1-4H3,(H,13,15);1H/t6-,7?;/m1./s1. The zero-order chi connectivity index (χ0) is 11.6. The van der Waals surface area contributed by atoms with E-state index in [2.05, 4.69) is 10.4 Å². The number of amides is 1. The van der Waals surface area contributed by atoms with E-state index in [9.17, 15) is 4.79 Å². The van der Waals surface area contributed by atoms with Gasteiger partial charge in [0.15, 0.2) is 0 Å². The number of hydrogen-bond acceptors (Lipinski definition) is 3. The molecule has 0 aromatic carbocycles. The van der Waals surface area contributed by atoms with E-state index < -0.39 is 6.04 Å². The molecule has 0 aliphatic rings. The van der Waals surface area contributed by atoms with Crippen LogP contribution in [0.1, 0.15) is 31.1 Å². The minimum Gasteiger partial charge on any atom is -0.348 e. The van der Waals surface area contributed by atoms with Gasteiger partial charge in [-0.2, -0.15) is 5.10 Å². The molecule has 0 fully saturated rings. The SMILES string of the molecule is Cc1c(C(C)NC(=O)[C@@H](C)N)cnn1C.Cl. The lowest BCUT2D eigenvalue weighted by atomic mass is 10.1. The summed E-state index contributed by atoms with van der Waals surface area (Å²) in [6.07, 6.45) is 1.77. The summed E-state index contributed by atoms with van der Waals surface area (Å²) in [6, 6.07) is -0.540. The summed E-state index contributed by atoms with van der Waals surface area (Å²) in [7, 11) is 1.87. The van der Waals surface area contributed by atoms with Gasteiger partial charge in [-0.15, -0.1) is 12.4 Å².